The molecule has 2 rings (SSSR count). The highest BCUT2D eigenvalue weighted by Gasteiger charge is 2.15. The average molecular weight is 295 g/mol. The minimum atomic E-state index is 0.210. The molecule has 1 heterocycles. The molecule has 100 valence electrons. The Bertz CT molecular complexity index is 552. The van der Waals surface area contributed by atoms with Gasteiger partial charge in [0.25, 0.3) is 0 Å². The lowest BCUT2D eigenvalue weighted by Crippen LogP contribution is -1.86. The smallest absolute Gasteiger partial charge is 0.189 e. The number of aliphatic imine (C=N–C) groups is 2. The Balaban J connectivity index is 2.13. The summed E-state index contributed by atoms with van der Waals surface area (Å²) in [5.74, 6) is 1.20. The van der Waals surface area contributed by atoms with Crippen LogP contribution in [0.1, 0.15) is 25.3 Å². The van der Waals surface area contributed by atoms with Crippen LogP contribution >= 0.6 is 23.4 Å². The van der Waals surface area contributed by atoms with E-state index in [9.17, 15) is 5.11 Å². The highest BCUT2D eigenvalue weighted by atomic mass is 35.5. The molecule has 0 aromatic heterocycles. The highest BCUT2D eigenvalue weighted by Crippen LogP contribution is 2.25. The van der Waals surface area contributed by atoms with Gasteiger partial charge in [-0.3, -0.25) is 0 Å². The van der Waals surface area contributed by atoms with Crippen LogP contribution in [0.5, 0.6) is 5.75 Å². The Morgan fingerprint density at radius 1 is 1.32 bits per heavy atom. The summed E-state index contributed by atoms with van der Waals surface area (Å²) in [6.07, 6.45) is 4.03. The zero-order chi connectivity index (χ0) is 13.7. The van der Waals surface area contributed by atoms with Crippen molar-refractivity contribution < 1.29 is 5.11 Å². The van der Waals surface area contributed by atoms with Crippen LogP contribution in [0.2, 0.25) is 0 Å². The number of amidine groups is 1. The van der Waals surface area contributed by atoms with E-state index in [1.807, 2.05) is 12.1 Å². The van der Waals surface area contributed by atoms with Gasteiger partial charge in [-0.25, -0.2) is 9.98 Å². The molecule has 1 aromatic rings. The minimum absolute atomic E-state index is 0.210. The number of hydrogen-bond acceptors (Lipinski definition) is 4. The van der Waals surface area contributed by atoms with Crippen LogP contribution in [0.4, 0.5) is 0 Å². The molecule has 0 atom stereocenters. The predicted molar refractivity (Wildman–Crippen MR) is 84.2 cm³/mol. The van der Waals surface area contributed by atoms with E-state index in [4.69, 9.17) is 11.6 Å². The topological polar surface area (TPSA) is 45.0 Å². The third kappa shape index (κ3) is 3.85. The fourth-order valence-corrected chi connectivity index (χ4v) is 2.70. The summed E-state index contributed by atoms with van der Waals surface area (Å²) in [6.45, 7) is 2.15. The Morgan fingerprint density at radius 2 is 2.11 bits per heavy atom. The van der Waals surface area contributed by atoms with Crippen LogP contribution in [0.3, 0.4) is 0 Å². The van der Waals surface area contributed by atoms with Gasteiger partial charge in [0, 0.05) is 11.3 Å². The second kappa shape index (κ2) is 6.78. The molecule has 0 spiro atoms. The molecular formula is C14H15ClN2OS. The highest BCUT2D eigenvalue weighted by molar-refractivity contribution is 8.13. The lowest BCUT2D eigenvalue weighted by atomic mass is 10.2. The molecule has 0 unspecified atom stereocenters. The predicted octanol–water partition coefficient (Wildman–Crippen LogP) is 4.27. The maximum atomic E-state index is 9.72. The fourth-order valence-electron chi connectivity index (χ4n) is 1.54. The van der Waals surface area contributed by atoms with Gasteiger partial charge < -0.3 is 5.11 Å². The number of aromatic hydroxyl groups is 1. The van der Waals surface area contributed by atoms with E-state index in [0.29, 0.717) is 21.6 Å². The number of benzene rings is 1. The van der Waals surface area contributed by atoms with Gasteiger partial charge >= 0.3 is 0 Å². The Kier molecular flexibility index (Phi) is 5.05. The van der Waals surface area contributed by atoms with E-state index in [-0.39, 0.29) is 5.75 Å². The number of allylic oxidation sites excluding steroid dienone is 1. The number of phenols is 1. The molecule has 3 nitrogen and oxygen atoms in total. The lowest BCUT2D eigenvalue weighted by Gasteiger charge is -1.98. The van der Waals surface area contributed by atoms with Crippen molar-refractivity contribution in [3.8, 4) is 5.75 Å². The molecule has 19 heavy (non-hydrogen) atoms. The maximum absolute atomic E-state index is 9.72. The molecule has 0 saturated carbocycles. The maximum Gasteiger partial charge on any atom is 0.189 e. The largest absolute Gasteiger partial charge is 0.507 e. The van der Waals surface area contributed by atoms with Gasteiger partial charge in [0.15, 0.2) is 10.3 Å². The van der Waals surface area contributed by atoms with Crippen molar-refractivity contribution in [2.75, 3.05) is 5.75 Å². The molecule has 0 amide bonds. The first-order valence-electron chi connectivity index (χ1n) is 6.16. The van der Waals surface area contributed by atoms with Crippen molar-refractivity contribution in [3.05, 3.63) is 35.5 Å². The Hall–Kier alpha value is -1.26. The van der Waals surface area contributed by atoms with Crippen molar-refractivity contribution in [1.29, 1.82) is 0 Å². The lowest BCUT2D eigenvalue weighted by molar-refractivity contribution is 0.474. The zero-order valence-electron chi connectivity index (χ0n) is 10.6. The molecule has 0 radical (unpaired) electrons. The van der Waals surface area contributed by atoms with Crippen molar-refractivity contribution in [3.63, 3.8) is 0 Å². The van der Waals surface area contributed by atoms with Gasteiger partial charge in [0.2, 0.25) is 0 Å². The molecule has 1 N–H and O–H groups in total. The van der Waals surface area contributed by atoms with Gasteiger partial charge in [0.1, 0.15) is 11.4 Å². The number of unbranched alkanes of at least 4 members (excludes halogenated alkanes) is 1. The second-order valence-corrected chi connectivity index (χ2v) is 5.51. The molecule has 0 saturated heterocycles. The number of hydrogen-bond donors (Lipinski definition) is 1. The molecule has 1 aliphatic heterocycles. The van der Waals surface area contributed by atoms with E-state index < -0.39 is 0 Å². The van der Waals surface area contributed by atoms with Gasteiger partial charge in [0.05, 0.1) is 0 Å². The van der Waals surface area contributed by atoms with Crippen LogP contribution in [-0.2, 0) is 0 Å². The van der Waals surface area contributed by atoms with E-state index in [2.05, 4.69) is 16.9 Å². The summed E-state index contributed by atoms with van der Waals surface area (Å²) in [7, 11) is 0. The van der Waals surface area contributed by atoms with E-state index in [0.717, 1.165) is 18.6 Å². The molecule has 5 heteroatoms. The second-order valence-electron chi connectivity index (χ2n) is 4.09. The SMILES string of the molecule is CCCCSC1=N/C(=C\c2ccccc2O)C(Cl)=N1. The number of para-hydroxylation sites is 1. The number of halogens is 1. The fraction of sp³-hybridized carbons (Fsp3) is 0.286. The van der Waals surface area contributed by atoms with Crippen molar-refractivity contribution in [1.82, 2.24) is 0 Å². The third-order valence-corrected chi connectivity index (χ3v) is 3.79. The average Bonchev–Trinajstić information content (AvgIpc) is 2.73. The van der Waals surface area contributed by atoms with E-state index in [1.54, 1.807) is 30.0 Å². The number of nitrogens with zero attached hydrogens (tertiary/aromatic N) is 2. The number of rotatable bonds is 4. The molecular weight excluding hydrogens is 280 g/mol. The molecule has 0 bridgehead atoms. The Morgan fingerprint density at radius 3 is 2.84 bits per heavy atom. The summed E-state index contributed by atoms with van der Waals surface area (Å²) >= 11 is 7.67. The van der Waals surface area contributed by atoms with E-state index >= 15 is 0 Å². The summed E-state index contributed by atoms with van der Waals surface area (Å²) in [5.41, 5.74) is 1.29. The summed E-state index contributed by atoms with van der Waals surface area (Å²) in [6, 6.07) is 7.07. The monoisotopic (exact) mass is 294 g/mol. The number of thioether (sulfide) groups is 1. The summed E-state index contributed by atoms with van der Waals surface area (Å²) in [5, 5.41) is 10.8. The number of phenolic OH excluding ortho intramolecular Hbond substituents is 1. The van der Waals surface area contributed by atoms with Crippen molar-refractivity contribution >= 4 is 39.8 Å². The van der Waals surface area contributed by atoms with Crippen LogP contribution < -0.4 is 0 Å². The van der Waals surface area contributed by atoms with Crippen molar-refractivity contribution in [2.24, 2.45) is 9.98 Å². The van der Waals surface area contributed by atoms with Gasteiger partial charge in [-0.05, 0) is 18.6 Å². The van der Waals surface area contributed by atoms with Crippen LogP contribution in [0.25, 0.3) is 6.08 Å². The first kappa shape index (κ1) is 14.2. The first-order valence-corrected chi connectivity index (χ1v) is 7.53. The third-order valence-electron chi connectivity index (χ3n) is 2.58. The molecule has 0 aliphatic carbocycles. The molecule has 0 fully saturated rings. The molecule has 1 aromatic carbocycles. The first-order chi connectivity index (χ1) is 9.20. The molecule has 1 aliphatic rings. The minimum Gasteiger partial charge on any atom is -0.507 e. The standard InChI is InChI=1S/C14H15ClN2OS/c1-2-3-8-19-14-16-11(13(15)17-14)9-10-6-4-5-7-12(10)18/h4-7,9,18H,2-3,8H2,1H3/b11-9-. The zero-order valence-corrected chi connectivity index (χ0v) is 12.2. The van der Waals surface area contributed by atoms with E-state index in [1.165, 1.54) is 0 Å². The van der Waals surface area contributed by atoms with Gasteiger partial charge in [-0.2, -0.15) is 0 Å². The normalized spacial score (nSPS) is 16.6. The van der Waals surface area contributed by atoms with Crippen LogP contribution in [0, 0.1) is 0 Å². The van der Waals surface area contributed by atoms with Crippen LogP contribution in [-0.4, -0.2) is 21.2 Å². The summed E-state index contributed by atoms with van der Waals surface area (Å²) in [4.78, 5) is 8.58. The van der Waals surface area contributed by atoms with Crippen LogP contribution in [0.15, 0.2) is 39.9 Å². The van der Waals surface area contributed by atoms with Gasteiger partial charge in [-0.15, -0.1) is 0 Å². The van der Waals surface area contributed by atoms with Crippen molar-refractivity contribution in [2.45, 2.75) is 19.8 Å². The Labute approximate surface area is 122 Å². The summed E-state index contributed by atoms with van der Waals surface area (Å²) < 4.78 is 0. The quantitative estimate of drug-likeness (QED) is 0.843. The van der Waals surface area contributed by atoms with Gasteiger partial charge in [-0.1, -0.05) is 54.9 Å².